The average Bonchev–Trinajstić information content (AvgIpc) is 2.81. The van der Waals surface area contributed by atoms with Gasteiger partial charge in [-0.1, -0.05) is 0 Å². The molecular weight excluding hydrogens is 216 g/mol. The molecule has 1 saturated heterocycles. The summed E-state index contributed by atoms with van der Waals surface area (Å²) in [6.45, 7) is 4.97. The zero-order valence-electron chi connectivity index (χ0n) is 9.69. The number of hydrogen-bond donors (Lipinski definition) is 1. The van der Waals surface area contributed by atoms with Crippen molar-refractivity contribution >= 4 is 11.3 Å². The minimum absolute atomic E-state index is 0.721. The number of thiophene rings is 1. The van der Waals surface area contributed by atoms with Crippen molar-refractivity contribution in [2.24, 2.45) is 5.92 Å². The summed E-state index contributed by atoms with van der Waals surface area (Å²) in [5.74, 6) is 1.04. The van der Waals surface area contributed by atoms with Crippen LogP contribution in [0.4, 0.5) is 0 Å². The maximum absolute atomic E-state index is 3.67. The number of nitrogens with one attached hydrogen (secondary N) is 1. The van der Waals surface area contributed by atoms with Gasteiger partial charge in [-0.25, -0.2) is 0 Å². The molecule has 1 atom stereocenters. The van der Waals surface area contributed by atoms with Crippen LogP contribution in [-0.4, -0.2) is 30.6 Å². The summed E-state index contributed by atoms with van der Waals surface area (Å²) in [6, 6.07) is 2.94. The third-order valence-corrected chi connectivity index (χ3v) is 4.39. The number of nitrogens with zero attached hydrogens (tertiary/aromatic N) is 1. The van der Waals surface area contributed by atoms with Crippen LogP contribution in [0.25, 0.3) is 0 Å². The molecule has 3 heteroatoms. The Labute approximate surface area is 102 Å². The lowest BCUT2D eigenvalue weighted by molar-refractivity contribution is 0.314. The van der Waals surface area contributed by atoms with Crippen LogP contribution < -0.4 is 5.32 Å². The third kappa shape index (κ3) is 2.84. The van der Waals surface area contributed by atoms with Crippen LogP contribution >= 0.6 is 11.3 Å². The summed E-state index contributed by atoms with van der Waals surface area (Å²) in [6.07, 6.45) is 4.28. The maximum Gasteiger partial charge on any atom is 0.0216 e. The van der Waals surface area contributed by atoms with Crippen molar-refractivity contribution in [2.45, 2.75) is 31.8 Å². The molecule has 0 bridgehead atoms. The van der Waals surface area contributed by atoms with E-state index in [0.29, 0.717) is 0 Å². The highest BCUT2D eigenvalue weighted by atomic mass is 32.1. The van der Waals surface area contributed by atoms with E-state index in [2.05, 4.69) is 27.0 Å². The van der Waals surface area contributed by atoms with E-state index in [4.69, 9.17) is 0 Å². The normalized spacial score (nSPS) is 26.4. The monoisotopic (exact) mass is 236 g/mol. The lowest BCUT2D eigenvalue weighted by Gasteiger charge is -2.16. The minimum atomic E-state index is 0.721. The summed E-state index contributed by atoms with van der Waals surface area (Å²) < 4.78 is 0. The fourth-order valence-corrected chi connectivity index (χ4v) is 3.15. The quantitative estimate of drug-likeness (QED) is 0.844. The Balaban J connectivity index is 1.39. The average molecular weight is 236 g/mol. The Kier molecular flexibility index (Phi) is 3.27. The predicted octanol–water partition coefficient (Wildman–Crippen LogP) is 2.32. The topological polar surface area (TPSA) is 15.3 Å². The van der Waals surface area contributed by atoms with Crippen molar-refractivity contribution in [2.75, 3.05) is 19.6 Å². The van der Waals surface area contributed by atoms with Gasteiger partial charge in [0.25, 0.3) is 0 Å². The van der Waals surface area contributed by atoms with Crippen LogP contribution in [0, 0.1) is 5.92 Å². The molecule has 1 unspecified atom stereocenters. The Bertz CT molecular complexity index is 319. The van der Waals surface area contributed by atoms with Gasteiger partial charge in [0.2, 0.25) is 0 Å². The van der Waals surface area contributed by atoms with Gasteiger partial charge in [-0.15, -0.1) is 0 Å². The highest BCUT2D eigenvalue weighted by molar-refractivity contribution is 7.07. The second-order valence-corrected chi connectivity index (χ2v) is 5.98. The number of likely N-dealkylation sites (tertiary alicyclic amines) is 1. The van der Waals surface area contributed by atoms with Gasteiger partial charge in [0.1, 0.15) is 0 Å². The predicted molar refractivity (Wildman–Crippen MR) is 68.7 cm³/mol. The molecule has 2 heterocycles. The first-order valence-corrected chi connectivity index (χ1v) is 7.31. The summed E-state index contributed by atoms with van der Waals surface area (Å²) in [7, 11) is 0. The molecule has 2 nitrogen and oxygen atoms in total. The van der Waals surface area contributed by atoms with Gasteiger partial charge in [-0.05, 0) is 54.1 Å². The SMILES string of the molecule is c1cc(CNC2CCN(CC3CC3)C2)cs1. The first kappa shape index (κ1) is 10.8. The smallest absolute Gasteiger partial charge is 0.0216 e. The van der Waals surface area contributed by atoms with Crippen LogP contribution in [0.15, 0.2) is 16.8 Å². The standard InChI is InChI=1S/C13H20N2S/c1-2-11(1)8-15-5-3-13(9-15)14-7-12-4-6-16-10-12/h4,6,10-11,13-14H,1-3,5,7-9H2. The Hall–Kier alpha value is -0.380. The fourth-order valence-electron chi connectivity index (χ4n) is 2.49. The maximum atomic E-state index is 3.67. The van der Waals surface area contributed by atoms with Gasteiger partial charge >= 0.3 is 0 Å². The van der Waals surface area contributed by atoms with E-state index in [-0.39, 0.29) is 0 Å². The molecule has 1 aromatic heterocycles. The number of hydrogen-bond acceptors (Lipinski definition) is 3. The van der Waals surface area contributed by atoms with E-state index < -0.39 is 0 Å². The first-order chi connectivity index (χ1) is 7.90. The zero-order valence-corrected chi connectivity index (χ0v) is 10.5. The van der Waals surface area contributed by atoms with E-state index in [9.17, 15) is 0 Å². The van der Waals surface area contributed by atoms with E-state index in [1.165, 1.54) is 44.5 Å². The van der Waals surface area contributed by atoms with Gasteiger partial charge < -0.3 is 10.2 Å². The molecule has 0 aromatic carbocycles. The molecule has 1 aromatic rings. The van der Waals surface area contributed by atoms with Crippen LogP contribution in [0.3, 0.4) is 0 Å². The molecular formula is C13H20N2S. The molecule has 16 heavy (non-hydrogen) atoms. The molecule has 0 radical (unpaired) electrons. The van der Waals surface area contributed by atoms with Gasteiger partial charge in [-0.2, -0.15) is 11.3 Å². The molecule has 2 fully saturated rings. The van der Waals surface area contributed by atoms with Crippen molar-refractivity contribution < 1.29 is 0 Å². The van der Waals surface area contributed by atoms with Gasteiger partial charge in [0.15, 0.2) is 0 Å². The Morgan fingerprint density at radius 3 is 3.06 bits per heavy atom. The minimum Gasteiger partial charge on any atom is -0.309 e. The second kappa shape index (κ2) is 4.86. The zero-order chi connectivity index (χ0) is 10.8. The van der Waals surface area contributed by atoms with Crippen molar-refractivity contribution in [1.29, 1.82) is 0 Å². The highest BCUT2D eigenvalue weighted by Crippen LogP contribution is 2.30. The van der Waals surface area contributed by atoms with Crippen molar-refractivity contribution in [3.8, 4) is 0 Å². The van der Waals surface area contributed by atoms with E-state index in [1.807, 2.05) is 0 Å². The molecule has 1 saturated carbocycles. The van der Waals surface area contributed by atoms with Crippen LogP contribution in [-0.2, 0) is 6.54 Å². The second-order valence-electron chi connectivity index (χ2n) is 5.20. The molecule has 2 aliphatic rings. The van der Waals surface area contributed by atoms with Gasteiger partial charge in [0, 0.05) is 25.7 Å². The lowest BCUT2D eigenvalue weighted by Crippen LogP contribution is -2.32. The lowest BCUT2D eigenvalue weighted by atomic mass is 10.2. The summed E-state index contributed by atoms with van der Waals surface area (Å²) >= 11 is 1.79. The molecule has 3 rings (SSSR count). The Morgan fingerprint density at radius 1 is 1.38 bits per heavy atom. The van der Waals surface area contributed by atoms with E-state index in [0.717, 1.165) is 18.5 Å². The molecule has 88 valence electrons. The van der Waals surface area contributed by atoms with Crippen LogP contribution in [0.1, 0.15) is 24.8 Å². The molecule has 0 spiro atoms. The fraction of sp³-hybridized carbons (Fsp3) is 0.692. The summed E-state index contributed by atoms with van der Waals surface area (Å²) in [5.41, 5.74) is 1.44. The van der Waals surface area contributed by atoms with Gasteiger partial charge in [-0.3, -0.25) is 0 Å². The Morgan fingerprint density at radius 2 is 2.31 bits per heavy atom. The van der Waals surface area contributed by atoms with Gasteiger partial charge in [0.05, 0.1) is 0 Å². The molecule has 1 aliphatic heterocycles. The van der Waals surface area contributed by atoms with Crippen molar-refractivity contribution in [3.63, 3.8) is 0 Å². The molecule has 1 N–H and O–H groups in total. The van der Waals surface area contributed by atoms with Crippen molar-refractivity contribution in [1.82, 2.24) is 10.2 Å². The highest BCUT2D eigenvalue weighted by Gasteiger charge is 2.28. The first-order valence-electron chi connectivity index (χ1n) is 6.37. The van der Waals surface area contributed by atoms with Crippen molar-refractivity contribution in [3.05, 3.63) is 22.4 Å². The largest absolute Gasteiger partial charge is 0.309 e. The summed E-state index contributed by atoms with van der Waals surface area (Å²) in [5, 5.41) is 8.07. The molecule has 1 aliphatic carbocycles. The van der Waals surface area contributed by atoms with E-state index in [1.54, 1.807) is 11.3 Å². The van der Waals surface area contributed by atoms with Crippen LogP contribution in [0.2, 0.25) is 0 Å². The third-order valence-electron chi connectivity index (χ3n) is 3.66. The summed E-state index contributed by atoms with van der Waals surface area (Å²) in [4.78, 5) is 2.64. The number of rotatable bonds is 5. The molecule has 0 amide bonds. The van der Waals surface area contributed by atoms with Crippen LogP contribution in [0.5, 0.6) is 0 Å². The van der Waals surface area contributed by atoms with E-state index >= 15 is 0 Å².